The van der Waals surface area contributed by atoms with Crippen molar-refractivity contribution < 1.29 is 27.5 Å². The van der Waals surface area contributed by atoms with Crippen LogP contribution in [0.4, 0.5) is 13.2 Å². The summed E-state index contributed by atoms with van der Waals surface area (Å²) in [6.07, 6.45) is 0.222. The molecule has 0 amide bonds. The van der Waals surface area contributed by atoms with Crippen LogP contribution in [0.3, 0.4) is 0 Å². The molecule has 1 atom stereocenters. The summed E-state index contributed by atoms with van der Waals surface area (Å²) in [5.41, 5.74) is 3.11. The molecule has 2 aromatic heterocycles. The van der Waals surface area contributed by atoms with Gasteiger partial charge >= 0.3 is 6.36 Å². The van der Waals surface area contributed by atoms with Gasteiger partial charge in [-0.15, -0.1) is 24.5 Å². The quantitative estimate of drug-likeness (QED) is 0.640. The number of hydroxylamine groups is 1. The standard InChI is InChI=1S/C19H14F3N3O3S/c1-18(12-2-4-13(5-3-12)27-19(20,21)22)10-16(25-28-18)26-14-6-7-15(24-11-14)17-23-8-9-29-17/h2-11,25H,1H3/t18-/m1/s1. The average molecular weight is 421 g/mol. The number of thiazole rings is 1. The lowest BCUT2D eigenvalue weighted by molar-refractivity contribution is -0.274. The van der Waals surface area contributed by atoms with Crippen LogP contribution in [0.2, 0.25) is 0 Å². The average Bonchev–Trinajstić information content (AvgIpc) is 3.33. The van der Waals surface area contributed by atoms with Gasteiger partial charge in [0.05, 0.1) is 11.9 Å². The maximum Gasteiger partial charge on any atom is 0.573 e. The van der Waals surface area contributed by atoms with Crippen LogP contribution in [-0.4, -0.2) is 16.3 Å². The molecule has 4 rings (SSSR count). The molecular formula is C19H14F3N3O3S. The lowest BCUT2D eigenvalue weighted by Crippen LogP contribution is -2.23. The summed E-state index contributed by atoms with van der Waals surface area (Å²) in [7, 11) is 0. The highest BCUT2D eigenvalue weighted by atomic mass is 32.1. The number of benzene rings is 1. The van der Waals surface area contributed by atoms with Gasteiger partial charge in [0.2, 0.25) is 5.88 Å². The lowest BCUT2D eigenvalue weighted by Gasteiger charge is -2.20. The van der Waals surface area contributed by atoms with Crippen molar-refractivity contribution in [3.63, 3.8) is 0 Å². The number of halogens is 3. The molecule has 0 saturated heterocycles. The third-order valence-corrected chi connectivity index (χ3v) is 4.84. The van der Waals surface area contributed by atoms with Crippen LogP contribution in [0.1, 0.15) is 12.5 Å². The van der Waals surface area contributed by atoms with Gasteiger partial charge < -0.3 is 9.47 Å². The van der Waals surface area contributed by atoms with Crippen molar-refractivity contribution in [2.24, 2.45) is 0 Å². The van der Waals surface area contributed by atoms with Gasteiger partial charge in [0.15, 0.2) is 0 Å². The minimum atomic E-state index is -4.74. The summed E-state index contributed by atoms with van der Waals surface area (Å²) in [6.45, 7) is 1.75. The van der Waals surface area contributed by atoms with Crippen LogP contribution in [0.15, 0.2) is 66.1 Å². The van der Waals surface area contributed by atoms with Gasteiger partial charge in [0.25, 0.3) is 0 Å². The molecule has 6 nitrogen and oxygen atoms in total. The molecule has 0 bridgehead atoms. The van der Waals surface area contributed by atoms with E-state index in [2.05, 4.69) is 20.2 Å². The van der Waals surface area contributed by atoms with E-state index in [9.17, 15) is 13.2 Å². The Morgan fingerprint density at radius 3 is 2.45 bits per heavy atom. The second-order valence-electron chi connectivity index (χ2n) is 6.21. The van der Waals surface area contributed by atoms with E-state index < -0.39 is 12.0 Å². The monoisotopic (exact) mass is 421 g/mol. The molecule has 3 aromatic rings. The number of hydrogen-bond acceptors (Lipinski definition) is 7. The Labute approximate surface area is 167 Å². The van der Waals surface area contributed by atoms with Crippen LogP contribution >= 0.6 is 11.3 Å². The summed E-state index contributed by atoms with van der Waals surface area (Å²) in [5, 5.41) is 2.68. The summed E-state index contributed by atoms with van der Waals surface area (Å²) in [4.78, 5) is 14.1. The fourth-order valence-electron chi connectivity index (χ4n) is 2.69. The Morgan fingerprint density at radius 2 is 1.83 bits per heavy atom. The van der Waals surface area contributed by atoms with Crippen LogP contribution in [0.5, 0.6) is 11.5 Å². The number of ether oxygens (including phenoxy) is 2. The van der Waals surface area contributed by atoms with Gasteiger partial charge in [0, 0.05) is 17.7 Å². The van der Waals surface area contributed by atoms with Crippen LogP contribution in [0, 0.1) is 0 Å². The van der Waals surface area contributed by atoms with E-state index in [1.807, 2.05) is 5.38 Å². The predicted molar refractivity (Wildman–Crippen MR) is 98.8 cm³/mol. The zero-order chi connectivity index (χ0) is 20.5. The van der Waals surface area contributed by atoms with Crippen LogP contribution < -0.4 is 15.0 Å². The van der Waals surface area contributed by atoms with E-state index in [1.54, 1.807) is 37.5 Å². The molecule has 0 fully saturated rings. The topological polar surface area (TPSA) is 65.5 Å². The first-order chi connectivity index (χ1) is 13.8. The van der Waals surface area contributed by atoms with Gasteiger partial charge in [-0.05, 0) is 36.8 Å². The van der Waals surface area contributed by atoms with Gasteiger partial charge in [-0.2, -0.15) is 0 Å². The number of rotatable bonds is 5. The zero-order valence-corrected chi connectivity index (χ0v) is 15.8. The molecule has 3 heterocycles. The predicted octanol–water partition coefficient (Wildman–Crippen LogP) is 4.77. The minimum Gasteiger partial charge on any atom is -0.438 e. The maximum absolute atomic E-state index is 12.3. The Bertz CT molecular complexity index is 1010. The molecule has 10 heteroatoms. The zero-order valence-electron chi connectivity index (χ0n) is 14.9. The number of alkyl halides is 3. The third-order valence-electron chi connectivity index (χ3n) is 4.05. The van der Waals surface area contributed by atoms with Crippen LogP contribution in [-0.2, 0) is 10.4 Å². The Morgan fingerprint density at radius 1 is 1.07 bits per heavy atom. The molecule has 0 unspecified atom stereocenters. The molecule has 0 saturated carbocycles. The molecule has 0 aliphatic carbocycles. The van der Waals surface area contributed by atoms with Crippen molar-refractivity contribution in [1.82, 2.24) is 15.4 Å². The van der Waals surface area contributed by atoms with Gasteiger partial charge in [-0.3, -0.25) is 4.84 Å². The highest BCUT2D eigenvalue weighted by Gasteiger charge is 2.34. The number of nitrogens with one attached hydrogen (secondary N) is 1. The Balaban J connectivity index is 1.45. The first-order valence-corrected chi connectivity index (χ1v) is 9.26. The largest absolute Gasteiger partial charge is 0.573 e. The summed E-state index contributed by atoms with van der Waals surface area (Å²) in [6, 6.07) is 8.99. The number of aromatic nitrogens is 2. The molecular weight excluding hydrogens is 407 g/mol. The Kier molecular flexibility index (Phi) is 4.89. The smallest absolute Gasteiger partial charge is 0.438 e. The molecule has 150 valence electrons. The van der Waals surface area contributed by atoms with E-state index >= 15 is 0 Å². The summed E-state index contributed by atoms with van der Waals surface area (Å²) >= 11 is 1.49. The van der Waals surface area contributed by atoms with Crippen molar-refractivity contribution in [3.05, 3.63) is 71.7 Å². The van der Waals surface area contributed by atoms with E-state index in [4.69, 9.17) is 9.57 Å². The fourth-order valence-corrected chi connectivity index (χ4v) is 3.30. The van der Waals surface area contributed by atoms with Crippen molar-refractivity contribution in [2.75, 3.05) is 0 Å². The highest BCUT2D eigenvalue weighted by Crippen LogP contribution is 2.34. The number of nitrogens with zero attached hydrogens (tertiary/aromatic N) is 2. The number of pyridine rings is 1. The lowest BCUT2D eigenvalue weighted by atomic mass is 9.96. The molecule has 1 aliphatic heterocycles. The van der Waals surface area contributed by atoms with Crippen molar-refractivity contribution >= 4 is 11.3 Å². The SMILES string of the molecule is C[C@]1(c2ccc(OC(F)(F)F)cc2)C=C(Oc2ccc(-c3nccs3)nc2)NO1. The first kappa shape index (κ1) is 19.2. The van der Waals surface area contributed by atoms with Gasteiger partial charge in [-0.1, -0.05) is 12.1 Å². The van der Waals surface area contributed by atoms with Crippen molar-refractivity contribution in [1.29, 1.82) is 0 Å². The molecule has 29 heavy (non-hydrogen) atoms. The van der Waals surface area contributed by atoms with E-state index in [0.29, 0.717) is 17.2 Å². The Hall–Kier alpha value is -3.11. The van der Waals surface area contributed by atoms with Crippen LogP contribution in [0.25, 0.3) is 10.7 Å². The van der Waals surface area contributed by atoms with Crippen molar-refractivity contribution in [3.8, 4) is 22.2 Å². The number of hydrogen-bond donors (Lipinski definition) is 1. The second kappa shape index (κ2) is 7.37. The maximum atomic E-state index is 12.3. The van der Waals surface area contributed by atoms with Crippen molar-refractivity contribution in [2.45, 2.75) is 18.9 Å². The molecule has 1 aromatic carbocycles. The molecule has 1 N–H and O–H groups in total. The van der Waals surface area contributed by atoms with E-state index in [1.165, 1.54) is 35.6 Å². The molecule has 1 aliphatic rings. The normalized spacial score (nSPS) is 18.8. The van der Waals surface area contributed by atoms with E-state index in [0.717, 1.165) is 10.7 Å². The summed E-state index contributed by atoms with van der Waals surface area (Å²) < 4.78 is 46.5. The molecule has 0 spiro atoms. The third kappa shape index (κ3) is 4.49. The summed E-state index contributed by atoms with van der Waals surface area (Å²) in [5.74, 6) is 0.528. The molecule has 0 radical (unpaired) electrons. The van der Waals surface area contributed by atoms with E-state index in [-0.39, 0.29) is 5.75 Å². The highest BCUT2D eigenvalue weighted by molar-refractivity contribution is 7.13. The van der Waals surface area contributed by atoms with Gasteiger partial charge in [0.1, 0.15) is 22.1 Å². The minimum absolute atomic E-state index is 0.303. The fraction of sp³-hybridized carbons (Fsp3) is 0.158. The van der Waals surface area contributed by atoms with Gasteiger partial charge in [-0.25, -0.2) is 15.4 Å². The second-order valence-corrected chi connectivity index (χ2v) is 7.10. The first-order valence-electron chi connectivity index (χ1n) is 8.38.